The summed E-state index contributed by atoms with van der Waals surface area (Å²) >= 11 is 0. The summed E-state index contributed by atoms with van der Waals surface area (Å²) < 4.78 is 0. The fourth-order valence-electron chi connectivity index (χ4n) is 2.71. The number of nitrogen functional groups attached to an aromatic ring is 1. The first-order valence-corrected chi connectivity index (χ1v) is 7.55. The third-order valence-electron chi connectivity index (χ3n) is 3.88. The molecule has 0 radical (unpaired) electrons. The Hall–Kier alpha value is -1.66. The van der Waals surface area contributed by atoms with Gasteiger partial charge in [-0.25, -0.2) is 0 Å². The first-order chi connectivity index (χ1) is 10.2. The van der Waals surface area contributed by atoms with Crippen molar-refractivity contribution in [2.45, 2.75) is 31.7 Å². The predicted octanol–water partition coefficient (Wildman–Crippen LogP) is 0.631. The average Bonchev–Trinajstić information content (AvgIpc) is 2.51. The maximum Gasteiger partial charge on any atom is 0.269 e. The van der Waals surface area contributed by atoms with E-state index in [0.717, 1.165) is 25.9 Å². The van der Waals surface area contributed by atoms with E-state index < -0.39 is 0 Å². The highest BCUT2D eigenvalue weighted by atomic mass is 16.3. The van der Waals surface area contributed by atoms with Gasteiger partial charge in [0, 0.05) is 31.0 Å². The number of rotatable bonds is 6. The van der Waals surface area contributed by atoms with Gasteiger partial charge < -0.3 is 16.2 Å². The smallest absolute Gasteiger partial charge is 0.269 e. The number of amides is 1. The number of aliphatic hydroxyl groups is 1. The van der Waals surface area contributed by atoms with Gasteiger partial charge in [0.15, 0.2) is 0 Å². The molecule has 1 aliphatic heterocycles. The molecule has 6 nitrogen and oxygen atoms in total. The number of likely N-dealkylation sites (tertiary alicyclic amines) is 1. The monoisotopic (exact) mass is 292 g/mol. The number of nitrogens with two attached hydrogens (primary N) is 1. The minimum atomic E-state index is -0.195. The van der Waals surface area contributed by atoms with Crippen LogP contribution in [0.2, 0.25) is 0 Å². The average molecular weight is 292 g/mol. The SMILES string of the molecule is Nc1ccnc(C(=O)NCCCN2CCCCC2CO)c1. The molecular formula is C15H24N4O2. The second-order valence-electron chi connectivity index (χ2n) is 5.45. The predicted molar refractivity (Wildman–Crippen MR) is 81.9 cm³/mol. The van der Waals surface area contributed by atoms with Gasteiger partial charge >= 0.3 is 0 Å². The van der Waals surface area contributed by atoms with Gasteiger partial charge in [-0.05, 0) is 37.9 Å². The van der Waals surface area contributed by atoms with Crippen molar-refractivity contribution in [2.24, 2.45) is 0 Å². The summed E-state index contributed by atoms with van der Waals surface area (Å²) in [7, 11) is 0. The van der Waals surface area contributed by atoms with Crippen molar-refractivity contribution in [3.8, 4) is 0 Å². The Morgan fingerprint density at radius 1 is 1.52 bits per heavy atom. The van der Waals surface area contributed by atoms with Gasteiger partial charge in [0.1, 0.15) is 5.69 Å². The van der Waals surface area contributed by atoms with Crippen LogP contribution in [0.4, 0.5) is 5.69 Å². The van der Waals surface area contributed by atoms with E-state index in [-0.39, 0.29) is 18.6 Å². The van der Waals surface area contributed by atoms with Gasteiger partial charge in [-0.15, -0.1) is 0 Å². The zero-order valence-corrected chi connectivity index (χ0v) is 12.3. The Morgan fingerprint density at radius 3 is 3.14 bits per heavy atom. The third-order valence-corrected chi connectivity index (χ3v) is 3.88. The second-order valence-corrected chi connectivity index (χ2v) is 5.45. The van der Waals surface area contributed by atoms with Crippen LogP contribution in [0.5, 0.6) is 0 Å². The number of anilines is 1. The van der Waals surface area contributed by atoms with Gasteiger partial charge in [0.05, 0.1) is 6.61 Å². The number of pyridine rings is 1. The van der Waals surface area contributed by atoms with Crippen molar-refractivity contribution in [3.05, 3.63) is 24.0 Å². The Balaban J connectivity index is 1.70. The van der Waals surface area contributed by atoms with Gasteiger partial charge in [-0.3, -0.25) is 14.7 Å². The second kappa shape index (κ2) is 7.95. The van der Waals surface area contributed by atoms with Crippen molar-refractivity contribution < 1.29 is 9.90 Å². The molecule has 2 rings (SSSR count). The molecule has 1 fully saturated rings. The number of carbonyl (C=O) groups excluding carboxylic acids is 1. The lowest BCUT2D eigenvalue weighted by Gasteiger charge is -2.34. The van der Waals surface area contributed by atoms with Crippen LogP contribution >= 0.6 is 0 Å². The van der Waals surface area contributed by atoms with Crippen LogP contribution in [-0.4, -0.2) is 53.2 Å². The number of nitrogens with one attached hydrogen (secondary N) is 1. The van der Waals surface area contributed by atoms with Crippen LogP contribution in [0.25, 0.3) is 0 Å². The van der Waals surface area contributed by atoms with Crippen LogP contribution in [-0.2, 0) is 0 Å². The topological polar surface area (TPSA) is 91.5 Å². The Morgan fingerprint density at radius 2 is 2.38 bits per heavy atom. The van der Waals surface area contributed by atoms with E-state index in [1.165, 1.54) is 19.0 Å². The van der Waals surface area contributed by atoms with E-state index >= 15 is 0 Å². The van der Waals surface area contributed by atoms with Crippen molar-refractivity contribution in [3.63, 3.8) is 0 Å². The van der Waals surface area contributed by atoms with Crippen LogP contribution in [0.1, 0.15) is 36.2 Å². The van der Waals surface area contributed by atoms with Crippen molar-refractivity contribution >= 4 is 11.6 Å². The molecule has 0 spiro atoms. The molecule has 0 bridgehead atoms. The normalized spacial score (nSPS) is 19.4. The molecule has 0 saturated carbocycles. The number of carbonyl (C=O) groups is 1. The Labute approximate surface area is 125 Å². The molecule has 1 unspecified atom stereocenters. The summed E-state index contributed by atoms with van der Waals surface area (Å²) in [4.78, 5) is 18.2. The summed E-state index contributed by atoms with van der Waals surface area (Å²) in [5.41, 5.74) is 6.51. The summed E-state index contributed by atoms with van der Waals surface area (Å²) in [6.07, 6.45) is 5.85. The first-order valence-electron chi connectivity index (χ1n) is 7.55. The number of hydrogen-bond acceptors (Lipinski definition) is 5. The maximum atomic E-state index is 11.9. The number of nitrogens with zero attached hydrogens (tertiary/aromatic N) is 2. The van der Waals surface area contributed by atoms with Gasteiger partial charge in [-0.1, -0.05) is 6.42 Å². The summed E-state index contributed by atoms with van der Waals surface area (Å²) in [6, 6.07) is 3.51. The number of hydrogen-bond donors (Lipinski definition) is 3. The zero-order valence-electron chi connectivity index (χ0n) is 12.3. The lowest BCUT2D eigenvalue weighted by Crippen LogP contribution is -2.43. The van der Waals surface area contributed by atoms with Crippen LogP contribution in [0.15, 0.2) is 18.3 Å². The van der Waals surface area contributed by atoms with Crippen molar-refractivity contribution in [2.75, 3.05) is 32.0 Å². The standard InChI is InChI=1S/C15H24N4O2/c16-12-5-7-17-14(10-12)15(21)18-6-3-9-19-8-2-1-4-13(19)11-20/h5,7,10,13,20H,1-4,6,8-9,11H2,(H2,16,17)(H,18,21). The van der Waals surface area contributed by atoms with Crippen molar-refractivity contribution in [1.29, 1.82) is 0 Å². The number of aromatic nitrogens is 1. The minimum Gasteiger partial charge on any atom is -0.399 e. The molecule has 1 saturated heterocycles. The number of piperidine rings is 1. The molecule has 1 aromatic heterocycles. The van der Waals surface area contributed by atoms with Crippen LogP contribution in [0, 0.1) is 0 Å². The van der Waals surface area contributed by atoms with Gasteiger partial charge in [-0.2, -0.15) is 0 Å². The Bertz CT molecular complexity index is 467. The highest BCUT2D eigenvalue weighted by molar-refractivity contribution is 5.92. The molecule has 21 heavy (non-hydrogen) atoms. The highest BCUT2D eigenvalue weighted by Gasteiger charge is 2.20. The van der Waals surface area contributed by atoms with E-state index in [2.05, 4.69) is 15.2 Å². The molecule has 2 heterocycles. The zero-order chi connectivity index (χ0) is 15.1. The summed E-state index contributed by atoms with van der Waals surface area (Å²) in [5.74, 6) is -0.195. The molecule has 0 aliphatic carbocycles. The highest BCUT2D eigenvalue weighted by Crippen LogP contribution is 2.16. The third kappa shape index (κ3) is 4.68. The fourth-order valence-corrected chi connectivity index (χ4v) is 2.71. The largest absolute Gasteiger partial charge is 0.399 e. The minimum absolute atomic E-state index is 0.195. The number of aliphatic hydroxyl groups excluding tert-OH is 1. The molecule has 4 N–H and O–H groups in total. The van der Waals surface area contributed by atoms with E-state index in [9.17, 15) is 9.90 Å². The van der Waals surface area contributed by atoms with Gasteiger partial charge in [0.2, 0.25) is 0 Å². The maximum absolute atomic E-state index is 11.9. The lowest BCUT2D eigenvalue weighted by atomic mass is 10.0. The molecular weight excluding hydrogens is 268 g/mol. The van der Waals surface area contributed by atoms with E-state index in [1.54, 1.807) is 12.1 Å². The molecule has 116 valence electrons. The molecule has 1 aliphatic rings. The van der Waals surface area contributed by atoms with Crippen molar-refractivity contribution in [1.82, 2.24) is 15.2 Å². The molecule has 1 aromatic rings. The molecule has 6 heteroatoms. The Kier molecular flexibility index (Phi) is 5.95. The van der Waals surface area contributed by atoms with E-state index in [4.69, 9.17) is 5.73 Å². The molecule has 0 aromatic carbocycles. The fraction of sp³-hybridized carbons (Fsp3) is 0.600. The first kappa shape index (κ1) is 15.7. The van der Waals surface area contributed by atoms with Gasteiger partial charge in [0.25, 0.3) is 5.91 Å². The molecule has 1 atom stereocenters. The molecule has 1 amide bonds. The quantitative estimate of drug-likeness (QED) is 0.669. The van der Waals surface area contributed by atoms with E-state index in [0.29, 0.717) is 17.9 Å². The summed E-state index contributed by atoms with van der Waals surface area (Å²) in [5, 5.41) is 12.2. The summed E-state index contributed by atoms with van der Waals surface area (Å²) in [6.45, 7) is 2.76. The van der Waals surface area contributed by atoms with Crippen LogP contribution < -0.4 is 11.1 Å². The lowest BCUT2D eigenvalue weighted by molar-refractivity contribution is 0.0867. The van der Waals surface area contributed by atoms with Crippen LogP contribution in [0.3, 0.4) is 0 Å². The van der Waals surface area contributed by atoms with E-state index in [1.807, 2.05) is 0 Å².